The van der Waals surface area contributed by atoms with Gasteiger partial charge in [0, 0.05) is 30.8 Å². The monoisotopic (exact) mass is 476 g/mol. The lowest BCUT2D eigenvalue weighted by atomic mass is 10.1. The molecule has 1 amide bonds. The van der Waals surface area contributed by atoms with Gasteiger partial charge in [-0.3, -0.25) is 4.79 Å². The van der Waals surface area contributed by atoms with Crippen molar-refractivity contribution in [2.24, 2.45) is 0 Å². The van der Waals surface area contributed by atoms with E-state index in [1.54, 1.807) is 12.1 Å². The highest BCUT2D eigenvalue weighted by Crippen LogP contribution is 2.39. The zero-order valence-electron chi connectivity index (χ0n) is 20.3. The SMILES string of the molecule is CCOc1cc(N2CCOCC2)c(OCC)cc1NC(=O)c1cccc(OCc2ccccc2)c1. The van der Waals surface area contributed by atoms with Gasteiger partial charge >= 0.3 is 0 Å². The van der Waals surface area contributed by atoms with E-state index in [9.17, 15) is 4.79 Å². The third kappa shape index (κ3) is 6.45. The second kappa shape index (κ2) is 12.1. The first-order valence-electron chi connectivity index (χ1n) is 12.0. The molecule has 0 aliphatic carbocycles. The molecule has 0 spiro atoms. The van der Waals surface area contributed by atoms with Crippen LogP contribution in [0.1, 0.15) is 29.8 Å². The van der Waals surface area contributed by atoms with Gasteiger partial charge in [-0.1, -0.05) is 36.4 Å². The molecule has 1 aliphatic heterocycles. The molecule has 1 N–H and O–H groups in total. The lowest BCUT2D eigenvalue weighted by Gasteiger charge is -2.31. The van der Waals surface area contributed by atoms with Crippen molar-refractivity contribution >= 4 is 17.3 Å². The molecule has 0 unspecified atom stereocenters. The van der Waals surface area contributed by atoms with Crippen LogP contribution >= 0.6 is 0 Å². The van der Waals surface area contributed by atoms with Crippen LogP contribution in [0.3, 0.4) is 0 Å². The molecule has 0 bridgehead atoms. The third-order valence-electron chi connectivity index (χ3n) is 5.61. The number of hydrogen-bond acceptors (Lipinski definition) is 6. The largest absolute Gasteiger partial charge is 0.492 e. The topological polar surface area (TPSA) is 69.3 Å². The number of benzene rings is 3. The smallest absolute Gasteiger partial charge is 0.255 e. The first-order valence-corrected chi connectivity index (χ1v) is 12.0. The van der Waals surface area contributed by atoms with Crippen LogP contribution in [0.25, 0.3) is 0 Å². The zero-order chi connectivity index (χ0) is 24.5. The molecule has 0 saturated carbocycles. The molecule has 3 aromatic rings. The Bertz CT molecular complexity index is 1110. The van der Waals surface area contributed by atoms with Gasteiger partial charge in [0.15, 0.2) is 0 Å². The predicted molar refractivity (Wildman–Crippen MR) is 137 cm³/mol. The molecule has 1 heterocycles. The lowest BCUT2D eigenvalue weighted by Crippen LogP contribution is -2.36. The zero-order valence-corrected chi connectivity index (χ0v) is 20.3. The lowest BCUT2D eigenvalue weighted by molar-refractivity contribution is 0.102. The summed E-state index contributed by atoms with van der Waals surface area (Å²) in [7, 11) is 0. The minimum Gasteiger partial charge on any atom is -0.492 e. The molecular weight excluding hydrogens is 444 g/mol. The van der Waals surface area contributed by atoms with Crippen LogP contribution in [0.5, 0.6) is 17.2 Å². The van der Waals surface area contributed by atoms with E-state index in [2.05, 4.69) is 10.2 Å². The second-order valence-corrected chi connectivity index (χ2v) is 8.04. The van der Waals surface area contributed by atoms with Crippen molar-refractivity contribution in [1.29, 1.82) is 0 Å². The predicted octanol–water partition coefficient (Wildman–Crippen LogP) is 5.15. The van der Waals surface area contributed by atoms with Gasteiger partial charge in [0.25, 0.3) is 5.91 Å². The maximum atomic E-state index is 13.2. The summed E-state index contributed by atoms with van der Waals surface area (Å²) in [6, 6.07) is 20.9. The molecule has 35 heavy (non-hydrogen) atoms. The number of ether oxygens (including phenoxy) is 4. The standard InChI is InChI=1S/C28H32N2O5/c1-3-33-26-19-25(30-13-15-32-16-14-30)27(34-4-2)18-24(26)29-28(31)22-11-8-12-23(17-22)35-20-21-9-6-5-7-10-21/h5-12,17-19H,3-4,13-16,20H2,1-2H3,(H,29,31). The van der Waals surface area contributed by atoms with Crippen molar-refractivity contribution < 1.29 is 23.7 Å². The maximum absolute atomic E-state index is 13.2. The van der Waals surface area contributed by atoms with Gasteiger partial charge in [-0.15, -0.1) is 0 Å². The minimum absolute atomic E-state index is 0.252. The molecule has 0 radical (unpaired) electrons. The van der Waals surface area contributed by atoms with E-state index in [1.807, 2.05) is 68.4 Å². The summed E-state index contributed by atoms with van der Waals surface area (Å²) in [4.78, 5) is 15.4. The number of carbonyl (C=O) groups is 1. The second-order valence-electron chi connectivity index (χ2n) is 8.04. The highest BCUT2D eigenvalue weighted by molar-refractivity contribution is 6.05. The Morgan fingerprint density at radius 2 is 1.63 bits per heavy atom. The number of carbonyl (C=O) groups excluding carboxylic acids is 1. The van der Waals surface area contributed by atoms with Crippen molar-refractivity contribution in [3.63, 3.8) is 0 Å². The van der Waals surface area contributed by atoms with Crippen LogP contribution in [0.4, 0.5) is 11.4 Å². The molecule has 3 aromatic carbocycles. The first kappa shape index (κ1) is 24.4. The average Bonchev–Trinajstić information content (AvgIpc) is 2.90. The van der Waals surface area contributed by atoms with Crippen LogP contribution in [0.2, 0.25) is 0 Å². The third-order valence-corrected chi connectivity index (χ3v) is 5.61. The summed E-state index contributed by atoms with van der Waals surface area (Å²) in [6.07, 6.45) is 0. The molecule has 0 atom stereocenters. The Balaban J connectivity index is 1.54. The normalized spacial score (nSPS) is 13.3. The number of anilines is 2. The van der Waals surface area contributed by atoms with E-state index in [1.165, 1.54) is 0 Å². The number of nitrogens with zero attached hydrogens (tertiary/aromatic N) is 1. The van der Waals surface area contributed by atoms with Crippen LogP contribution in [0, 0.1) is 0 Å². The van der Waals surface area contributed by atoms with E-state index in [0.717, 1.165) is 24.3 Å². The molecule has 1 saturated heterocycles. The number of rotatable bonds is 10. The van der Waals surface area contributed by atoms with Crippen molar-refractivity contribution in [3.8, 4) is 17.2 Å². The van der Waals surface area contributed by atoms with Crippen molar-refractivity contribution in [3.05, 3.63) is 77.9 Å². The molecule has 184 valence electrons. The Kier molecular flexibility index (Phi) is 8.46. The van der Waals surface area contributed by atoms with Gasteiger partial charge in [-0.05, 0) is 37.6 Å². The number of morpholine rings is 1. The Labute approximate surface area is 206 Å². The Morgan fingerprint density at radius 1 is 0.886 bits per heavy atom. The van der Waals surface area contributed by atoms with Crippen LogP contribution in [0.15, 0.2) is 66.7 Å². The fourth-order valence-corrected chi connectivity index (χ4v) is 3.91. The van der Waals surface area contributed by atoms with Crippen LogP contribution in [-0.2, 0) is 11.3 Å². The molecule has 1 aliphatic rings. The summed E-state index contributed by atoms with van der Waals surface area (Å²) >= 11 is 0. The number of amides is 1. The minimum atomic E-state index is -0.252. The number of hydrogen-bond donors (Lipinski definition) is 1. The fraction of sp³-hybridized carbons (Fsp3) is 0.321. The van der Waals surface area contributed by atoms with E-state index < -0.39 is 0 Å². The van der Waals surface area contributed by atoms with E-state index >= 15 is 0 Å². The van der Waals surface area contributed by atoms with Gasteiger partial charge < -0.3 is 29.2 Å². The molecule has 7 nitrogen and oxygen atoms in total. The van der Waals surface area contributed by atoms with Gasteiger partial charge in [-0.2, -0.15) is 0 Å². The van der Waals surface area contributed by atoms with Crippen LogP contribution < -0.4 is 24.4 Å². The van der Waals surface area contributed by atoms with E-state index in [-0.39, 0.29) is 5.91 Å². The maximum Gasteiger partial charge on any atom is 0.255 e. The average molecular weight is 477 g/mol. The molecule has 0 aromatic heterocycles. The quantitative estimate of drug-likeness (QED) is 0.436. The Hall–Kier alpha value is -3.71. The summed E-state index contributed by atoms with van der Waals surface area (Å²) in [5.41, 5.74) is 3.06. The van der Waals surface area contributed by atoms with Gasteiger partial charge in [0.1, 0.15) is 23.9 Å². The fourth-order valence-electron chi connectivity index (χ4n) is 3.91. The summed E-state index contributed by atoms with van der Waals surface area (Å²) in [5, 5.41) is 3.00. The summed E-state index contributed by atoms with van der Waals surface area (Å²) in [6.45, 7) is 8.15. The van der Waals surface area contributed by atoms with E-state index in [0.29, 0.717) is 61.5 Å². The summed E-state index contributed by atoms with van der Waals surface area (Å²) in [5.74, 6) is 1.68. The molecule has 1 fully saturated rings. The van der Waals surface area contributed by atoms with Crippen molar-refractivity contribution in [1.82, 2.24) is 0 Å². The Morgan fingerprint density at radius 3 is 2.37 bits per heavy atom. The van der Waals surface area contributed by atoms with Crippen molar-refractivity contribution in [2.75, 3.05) is 49.7 Å². The van der Waals surface area contributed by atoms with Gasteiger partial charge in [0.05, 0.1) is 37.8 Å². The molecule has 7 heteroatoms. The molecule has 4 rings (SSSR count). The number of nitrogens with one attached hydrogen (secondary N) is 1. The van der Waals surface area contributed by atoms with Crippen molar-refractivity contribution in [2.45, 2.75) is 20.5 Å². The van der Waals surface area contributed by atoms with Gasteiger partial charge in [0.2, 0.25) is 0 Å². The highest BCUT2D eigenvalue weighted by Gasteiger charge is 2.21. The van der Waals surface area contributed by atoms with E-state index in [4.69, 9.17) is 18.9 Å². The summed E-state index contributed by atoms with van der Waals surface area (Å²) < 4.78 is 23.2. The highest BCUT2D eigenvalue weighted by atomic mass is 16.5. The first-order chi connectivity index (χ1) is 17.2. The van der Waals surface area contributed by atoms with Gasteiger partial charge in [-0.25, -0.2) is 0 Å². The van der Waals surface area contributed by atoms with Crippen LogP contribution in [-0.4, -0.2) is 45.4 Å². The molecular formula is C28H32N2O5.